The van der Waals surface area contributed by atoms with Crippen molar-refractivity contribution in [3.8, 4) is 5.75 Å². The van der Waals surface area contributed by atoms with Crippen LogP contribution in [0.4, 0.5) is 5.82 Å². The molecule has 0 bridgehead atoms. The number of hydrogen-bond acceptors (Lipinski definition) is 5. The van der Waals surface area contributed by atoms with E-state index in [1.807, 2.05) is 6.92 Å². The summed E-state index contributed by atoms with van der Waals surface area (Å²) in [5.41, 5.74) is 0.806. The summed E-state index contributed by atoms with van der Waals surface area (Å²) in [5.74, 6) is 0.444. The standard InChI is InChI=1S/C17H13ClN2O4/c1-10-6-17(22)24-14-7-12(3-4-13(10)14)23-9-16(21)20-15-5-2-11(18)8-19-15/h2-8H,9H2,1H3,(H,19,20,21). The average Bonchev–Trinajstić information content (AvgIpc) is 2.54. The smallest absolute Gasteiger partial charge is 0.336 e. The van der Waals surface area contributed by atoms with Gasteiger partial charge in [-0.05, 0) is 36.8 Å². The summed E-state index contributed by atoms with van der Waals surface area (Å²) < 4.78 is 10.6. The second-order valence-corrected chi connectivity index (χ2v) is 5.54. The lowest BCUT2D eigenvalue weighted by Gasteiger charge is -2.08. The van der Waals surface area contributed by atoms with Crippen LogP contribution in [0.15, 0.2) is 51.8 Å². The molecule has 0 saturated heterocycles. The van der Waals surface area contributed by atoms with Crippen LogP contribution in [-0.2, 0) is 4.79 Å². The lowest BCUT2D eigenvalue weighted by Crippen LogP contribution is -2.20. The Morgan fingerprint density at radius 2 is 2.12 bits per heavy atom. The third-order valence-corrected chi connectivity index (χ3v) is 3.51. The van der Waals surface area contributed by atoms with E-state index in [2.05, 4.69) is 10.3 Å². The molecule has 0 spiro atoms. The molecule has 0 radical (unpaired) electrons. The molecule has 122 valence electrons. The molecule has 2 aromatic heterocycles. The Bertz CT molecular complexity index is 951. The summed E-state index contributed by atoms with van der Waals surface area (Å²) in [5, 5.41) is 3.89. The summed E-state index contributed by atoms with van der Waals surface area (Å²) in [6.07, 6.45) is 1.44. The minimum absolute atomic E-state index is 0.203. The molecule has 3 rings (SSSR count). The van der Waals surface area contributed by atoms with E-state index in [0.717, 1.165) is 10.9 Å². The third-order valence-electron chi connectivity index (χ3n) is 3.29. The Labute approximate surface area is 142 Å². The summed E-state index contributed by atoms with van der Waals surface area (Å²) in [6.45, 7) is 1.62. The van der Waals surface area contributed by atoms with Gasteiger partial charge in [0, 0.05) is 23.7 Å². The number of carbonyl (C=O) groups excluding carboxylic acids is 1. The number of amides is 1. The van der Waals surface area contributed by atoms with Gasteiger partial charge in [0.15, 0.2) is 6.61 Å². The fourth-order valence-corrected chi connectivity index (χ4v) is 2.28. The van der Waals surface area contributed by atoms with Gasteiger partial charge in [-0.25, -0.2) is 9.78 Å². The predicted molar refractivity (Wildman–Crippen MR) is 90.6 cm³/mol. The highest BCUT2D eigenvalue weighted by atomic mass is 35.5. The number of carbonyl (C=O) groups is 1. The van der Waals surface area contributed by atoms with Crippen molar-refractivity contribution >= 4 is 34.3 Å². The molecule has 0 saturated carbocycles. The molecule has 1 amide bonds. The van der Waals surface area contributed by atoms with Gasteiger partial charge >= 0.3 is 5.63 Å². The van der Waals surface area contributed by atoms with E-state index >= 15 is 0 Å². The van der Waals surface area contributed by atoms with Crippen LogP contribution in [-0.4, -0.2) is 17.5 Å². The van der Waals surface area contributed by atoms with E-state index in [9.17, 15) is 9.59 Å². The highest BCUT2D eigenvalue weighted by molar-refractivity contribution is 6.30. The molecule has 3 aromatic rings. The Morgan fingerprint density at radius 1 is 1.29 bits per heavy atom. The number of nitrogens with zero attached hydrogens (tertiary/aromatic N) is 1. The number of fused-ring (bicyclic) bond motifs is 1. The first-order valence-corrected chi connectivity index (χ1v) is 7.48. The molecular weight excluding hydrogens is 332 g/mol. The molecule has 1 aromatic carbocycles. The summed E-state index contributed by atoms with van der Waals surface area (Å²) >= 11 is 5.73. The van der Waals surface area contributed by atoms with Crippen molar-refractivity contribution in [1.29, 1.82) is 0 Å². The van der Waals surface area contributed by atoms with Crippen LogP contribution in [0, 0.1) is 6.92 Å². The maximum Gasteiger partial charge on any atom is 0.336 e. The van der Waals surface area contributed by atoms with Gasteiger partial charge in [0.2, 0.25) is 0 Å². The van der Waals surface area contributed by atoms with Crippen molar-refractivity contribution in [3.63, 3.8) is 0 Å². The number of pyridine rings is 1. The SMILES string of the molecule is Cc1cc(=O)oc2cc(OCC(=O)Nc3ccc(Cl)cn3)ccc12. The predicted octanol–water partition coefficient (Wildman–Crippen LogP) is 3.17. The van der Waals surface area contributed by atoms with E-state index in [0.29, 0.717) is 22.2 Å². The first kappa shape index (κ1) is 16.0. The van der Waals surface area contributed by atoms with Gasteiger partial charge in [-0.15, -0.1) is 0 Å². The van der Waals surface area contributed by atoms with Crippen molar-refractivity contribution in [2.75, 3.05) is 11.9 Å². The van der Waals surface area contributed by atoms with Crippen LogP contribution >= 0.6 is 11.6 Å². The molecule has 0 atom stereocenters. The zero-order chi connectivity index (χ0) is 17.1. The van der Waals surface area contributed by atoms with Crippen LogP contribution in [0.25, 0.3) is 11.0 Å². The third kappa shape index (κ3) is 3.72. The lowest BCUT2D eigenvalue weighted by atomic mass is 10.1. The zero-order valence-electron chi connectivity index (χ0n) is 12.7. The molecule has 1 N–H and O–H groups in total. The van der Waals surface area contributed by atoms with Gasteiger partial charge in [0.1, 0.15) is 17.2 Å². The molecule has 2 heterocycles. The normalized spacial score (nSPS) is 10.6. The second-order valence-electron chi connectivity index (χ2n) is 5.10. The van der Waals surface area contributed by atoms with Crippen LogP contribution in [0.1, 0.15) is 5.56 Å². The molecule has 7 heteroatoms. The monoisotopic (exact) mass is 344 g/mol. The van der Waals surface area contributed by atoms with Crippen molar-refractivity contribution in [3.05, 3.63) is 63.6 Å². The number of aromatic nitrogens is 1. The number of ether oxygens (including phenoxy) is 1. The number of anilines is 1. The molecule has 0 fully saturated rings. The van der Waals surface area contributed by atoms with Crippen LogP contribution in [0.3, 0.4) is 0 Å². The molecule has 0 aliphatic carbocycles. The molecule has 0 aliphatic rings. The minimum atomic E-state index is -0.427. The Morgan fingerprint density at radius 3 is 2.88 bits per heavy atom. The topological polar surface area (TPSA) is 81.4 Å². The van der Waals surface area contributed by atoms with Gasteiger partial charge in [-0.3, -0.25) is 4.79 Å². The largest absolute Gasteiger partial charge is 0.484 e. The Balaban J connectivity index is 1.67. The maximum atomic E-state index is 11.9. The minimum Gasteiger partial charge on any atom is -0.484 e. The van der Waals surface area contributed by atoms with E-state index in [1.54, 1.807) is 30.3 Å². The number of halogens is 1. The van der Waals surface area contributed by atoms with E-state index in [-0.39, 0.29) is 12.5 Å². The quantitative estimate of drug-likeness (QED) is 0.735. The molecule has 6 nitrogen and oxygen atoms in total. The zero-order valence-corrected chi connectivity index (χ0v) is 13.5. The van der Waals surface area contributed by atoms with E-state index < -0.39 is 5.63 Å². The lowest BCUT2D eigenvalue weighted by molar-refractivity contribution is -0.118. The van der Waals surface area contributed by atoms with Crippen LogP contribution < -0.4 is 15.7 Å². The van der Waals surface area contributed by atoms with Gasteiger partial charge in [0.05, 0.1) is 5.02 Å². The summed E-state index contributed by atoms with van der Waals surface area (Å²) in [7, 11) is 0. The van der Waals surface area contributed by atoms with Crippen molar-refractivity contribution < 1.29 is 13.9 Å². The number of nitrogens with one attached hydrogen (secondary N) is 1. The van der Waals surface area contributed by atoms with Crippen LogP contribution in [0.2, 0.25) is 5.02 Å². The number of rotatable bonds is 4. The van der Waals surface area contributed by atoms with Gasteiger partial charge in [0.25, 0.3) is 5.91 Å². The second kappa shape index (κ2) is 6.72. The highest BCUT2D eigenvalue weighted by Gasteiger charge is 2.07. The van der Waals surface area contributed by atoms with Gasteiger partial charge in [-0.1, -0.05) is 11.6 Å². The number of aryl methyl sites for hydroxylation is 1. The fraction of sp³-hybridized carbons (Fsp3) is 0.118. The van der Waals surface area contributed by atoms with E-state index in [1.165, 1.54) is 12.3 Å². The van der Waals surface area contributed by atoms with Gasteiger partial charge < -0.3 is 14.5 Å². The first-order chi connectivity index (χ1) is 11.5. The molecule has 0 unspecified atom stereocenters. The highest BCUT2D eigenvalue weighted by Crippen LogP contribution is 2.22. The average molecular weight is 345 g/mol. The summed E-state index contributed by atoms with van der Waals surface area (Å²) in [4.78, 5) is 27.2. The van der Waals surface area contributed by atoms with E-state index in [4.69, 9.17) is 20.8 Å². The van der Waals surface area contributed by atoms with Crippen molar-refractivity contribution in [1.82, 2.24) is 4.98 Å². The summed E-state index contributed by atoms with van der Waals surface area (Å²) in [6, 6.07) is 9.71. The Kier molecular flexibility index (Phi) is 4.48. The number of benzene rings is 1. The van der Waals surface area contributed by atoms with Crippen molar-refractivity contribution in [2.45, 2.75) is 6.92 Å². The van der Waals surface area contributed by atoms with Crippen molar-refractivity contribution in [2.24, 2.45) is 0 Å². The Hall–Kier alpha value is -2.86. The number of hydrogen-bond donors (Lipinski definition) is 1. The van der Waals surface area contributed by atoms with Crippen LogP contribution in [0.5, 0.6) is 5.75 Å². The maximum absolute atomic E-state index is 11.9. The fourth-order valence-electron chi connectivity index (χ4n) is 2.17. The molecule has 24 heavy (non-hydrogen) atoms. The van der Waals surface area contributed by atoms with Gasteiger partial charge in [-0.2, -0.15) is 0 Å². The molecular formula is C17H13ClN2O4. The molecule has 0 aliphatic heterocycles. The first-order valence-electron chi connectivity index (χ1n) is 7.10.